The van der Waals surface area contributed by atoms with Gasteiger partial charge in [-0.25, -0.2) is 0 Å². The summed E-state index contributed by atoms with van der Waals surface area (Å²) in [5.74, 6) is -0.927. The summed E-state index contributed by atoms with van der Waals surface area (Å²) in [6.45, 7) is 11.9. The normalized spacial score (nSPS) is 18.5. The van der Waals surface area contributed by atoms with Crippen LogP contribution in [-0.4, -0.2) is 51.7 Å². The maximum absolute atomic E-state index is 5.99. The number of ether oxygens (including phenoxy) is 5. The zero-order chi connectivity index (χ0) is 18.4. The maximum atomic E-state index is 5.99. The van der Waals surface area contributed by atoms with Crippen LogP contribution in [0.1, 0.15) is 72.6 Å². The van der Waals surface area contributed by atoms with Gasteiger partial charge in [-0.1, -0.05) is 45.4 Å². The zero-order valence-electron chi connectivity index (χ0n) is 16.9. The van der Waals surface area contributed by atoms with E-state index in [1.54, 1.807) is 0 Å². The number of rotatable bonds is 18. The third kappa shape index (κ3) is 9.34. The molecule has 1 rings (SSSR count). The molecule has 1 saturated heterocycles. The summed E-state index contributed by atoms with van der Waals surface area (Å²) in [7, 11) is 0. The van der Waals surface area contributed by atoms with Crippen LogP contribution in [0.15, 0.2) is 0 Å². The van der Waals surface area contributed by atoms with Crippen LogP contribution in [0.3, 0.4) is 0 Å². The van der Waals surface area contributed by atoms with Crippen molar-refractivity contribution in [2.75, 3.05) is 39.6 Å². The van der Waals surface area contributed by atoms with Crippen LogP contribution in [0.5, 0.6) is 0 Å². The average molecular weight is 361 g/mol. The van der Waals surface area contributed by atoms with E-state index in [1.165, 1.54) is 32.1 Å². The van der Waals surface area contributed by atoms with Gasteiger partial charge < -0.3 is 23.7 Å². The largest absolute Gasteiger partial charge is 0.378 e. The Morgan fingerprint density at radius 1 is 0.880 bits per heavy atom. The second kappa shape index (κ2) is 13.9. The molecule has 5 heteroatoms. The van der Waals surface area contributed by atoms with Gasteiger partial charge in [0.25, 0.3) is 5.97 Å². The monoisotopic (exact) mass is 360 g/mol. The molecule has 0 aromatic heterocycles. The molecule has 1 aliphatic heterocycles. The van der Waals surface area contributed by atoms with Crippen LogP contribution >= 0.6 is 0 Å². The fourth-order valence-electron chi connectivity index (χ4n) is 3.12. The number of hydrogen-bond acceptors (Lipinski definition) is 5. The maximum Gasteiger partial charge on any atom is 0.288 e. The first kappa shape index (κ1) is 22.8. The summed E-state index contributed by atoms with van der Waals surface area (Å²) >= 11 is 0. The van der Waals surface area contributed by atoms with Crippen molar-refractivity contribution in [2.45, 2.75) is 84.7 Å². The molecule has 1 heterocycles. The average Bonchev–Trinajstić information content (AvgIpc) is 3.41. The van der Waals surface area contributed by atoms with Crippen molar-refractivity contribution in [1.29, 1.82) is 0 Å². The van der Waals surface area contributed by atoms with Crippen LogP contribution < -0.4 is 0 Å². The lowest BCUT2D eigenvalue weighted by atomic mass is 9.98. The van der Waals surface area contributed by atoms with Gasteiger partial charge in [-0.2, -0.15) is 0 Å². The van der Waals surface area contributed by atoms with E-state index in [4.69, 9.17) is 23.7 Å². The van der Waals surface area contributed by atoms with Gasteiger partial charge in [0.2, 0.25) is 0 Å². The van der Waals surface area contributed by atoms with E-state index in [-0.39, 0.29) is 12.0 Å². The summed E-state index contributed by atoms with van der Waals surface area (Å²) in [6.07, 6.45) is 8.87. The fourth-order valence-corrected chi connectivity index (χ4v) is 3.12. The lowest BCUT2D eigenvalue weighted by molar-refractivity contribution is -0.405. The predicted octanol–water partition coefficient (Wildman–Crippen LogP) is 4.53. The highest BCUT2D eigenvalue weighted by molar-refractivity contribution is 4.74. The van der Waals surface area contributed by atoms with Gasteiger partial charge in [0, 0.05) is 19.8 Å². The zero-order valence-corrected chi connectivity index (χ0v) is 16.9. The molecule has 0 aromatic rings. The van der Waals surface area contributed by atoms with E-state index in [0.717, 1.165) is 19.4 Å². The Labute approximate surface area is 154 Å². The topological polar surface area (TPSA) is 49.5 Å². The standard InChI is InChI=1S/C20H40O5/c1-5-9-10-11-12-13-14-18(15-21-16-19-17-22-19)20(23-6-2,24-7-3)25-8-4/h18-19H,5-17H2,1-4H3. The molecule has 0 bridgehead atoms. The summed E-state index contributed by atoms with van der Waals surface area (Å²) in [4.78, 5) is 0. The van der Waals surface area contributed by atoms with Gasteiger partial charge in [-0.05, 0) is 27.2 Å². The van der Waals surface area contributed by atoms with E-state index in [9.17, 15) is 0 Å². The van der Waals surface area contributed by atoms with E-state index < -0.39 is 5.97 Å². The van der Waals surface area contributed by atoms with Crippen molar-refractivity contribution in [1.82, 2.24) is 0 Å². The van der Waals surface area contributed by atoms with E-state index in [1.807, 2.05) is 20.8 Å². The molecule has 5 nitrogen and oxygen atoms in total. The minimum atomic E-state index is -0.994. The van der Waals surface area contributed by atoms with Gasteiger partial charge in [0.15, 0.2) is 0 Å². The third-order valence-corrected chi connectivity index (χ3v) is 4.47. The quantitative estimate of drug-likeness (QED) is 0.204. The van der Waals surface area contributed by atoms with Crippen molar-refractivity contribution < 1.29 is 23.7 Å². The van der Waals surface area contributed by atoms with E-state index in [0.29, 0.717) is 33.0 Å². The number of hydrogen-bond donors (Lipinski definition) is 0. The fraction of sp³-hybridized carbons (Fsp3) is 1.00. The minimum absolute atomic E-state index is 0.0669. The highest BCUT2D eigenvalue weighted by Gasteiger charge is 2.42. The first-order valence-corrected chi connectivity index (χ1v) is 10.3. The molecule has 1 fully saturated rings. The summed E-state index contributed by atoms with van der Waals surface area (Å²) in [5.41, 5.74) is 0. The summed E-state index contributed by atoms with van der Waals surface area (Å²) < 4.78 is 29.1. The highest BCUT2D eigenvalue weighted by atomic mass is 16.9. The van der Waals surface area contributed by atoms with Crippen LogP contribution in [0, 0.1) is 5.92 Å². The Kier molecular flexibility index (Phi) is 12.7. The molecule has 25 heavy (non-hydrogen) atoms. The summed E-state index contributed by atoms with van der Waals surface area (Å²) in [5, 5.41) is 0. The van der Waals surface area contributed by atoms with Crippen LogP contribution in [-0.2, 0) is 23.7 Å². The molecule has 150 valence electrons. The molecule has 2 unspecified atom stereocenters. The molecule has 1 aliphatic rings. The lowest BCUT2D eigenvalue weighted by Gasteiger charge is -2.39. The summed E-state index contributed by atoms with van der Waals surface area (Å²) in [6, 6.07) is 0. The van der Waals surface area contributed by atoms with Crippen molar-refractivity contribution in [3.05, 3.63) is 0 Å². The Morgan fingerprint density at radius 3 is 1.96 bits per heavy atom. The van der Waals surface area contributed by atoms with Crippen molar-refractivity contribution >= 4 is 0 Å². The Morgan fingerprint density at radius 2 is 1.44 bits per heavy atom. The Balaban J connectivity index is 2.58. The van der Waals surface area contributed by atoms with Crippen LogP contribution in [0.4, 0.5) is 0 Å². The first-order chi connectivity index (χ1) is 12.2. The number of unbranched alkanes of at least 4 members (excludes halogenated alkanes) is 5. The molecule has 0 saturated carbocycles. The van der Waals surface area contributed by atoms with Crippen molar-refractivity contribution in [2.24, 2.45) is 5.92 Å². The van der Waals surface area contributed by atoms with E-state index >= 15 is 0 Å². The third-order valence-electron chi connectivity index (χ3n) is 4.47. The highest BCUT2D eigenvalue weighted by Crippen LogP contribution is 2.31. The molecular formula is C20H40O5. The lowest BCUT2D eigenvalue weighted by Crippen LogP contribution is -2.48. The SMILES string of the molecule is CCCCCCCCC(COCC1CO1)C(OCC)(OCC)OCC. The molecule has 2 atom stereocenters. The molecule has 0 amide bonds. The van der Waals surface area contributed by atoms with E-state index in [2.05, 4.69) is 6.92 Å². The predicted molar refractivity (Wildman–Crippen MR) is 99.7 cm³/mol. The molecule has 0 radical (unpaired) electrons. The van der Waals surface area contributed by atoms with Crippen LogP contribution in [0.2, 0.25) is 0 Å². The first-order valence-electron chi connectivity index (χ1n) is 10.3. The van der Waals surface area contributed by atoms with Gasteiger partial charge >= 0.3 is 0 Å². The van der Waals surface area contributed by atoms with Crippen molar-refractivity contribution in [3.63, 3.8) is 0 Å². The van der Waals surface area contributed by atoms with Crippen molar-refractivity contribution in [3.8, 4) is 0 Å². The molecular weight excluding hydrogens is 320 g/mol. The van der Waals surface area contributed by atoms with Gasteiger partial charge in [-0.3, -0.25) is 0 Å². The second-order valence-corrected chi connectivity index (χ2v) is 6.65. The number of epoxide rings is 1. The molecule has 0 N–H and O–H groups in total. The Bertz CT molecular complexity index is 289. The Hall–Kier alpha value is -0.200. The van der Waals surface area contributed by atoms with Gasteiger partial charge in [0.05, 0.1) is 25.7 Å². The minimum Gasteiger partial charge on any atom is -0.378 e. The smallest absolute Gasteiger partial charge is 0.288 e. The second-order valence-electron chi connectivity index (χ2n) is 6.65. The van der Waals surface area contributed by atoms with Crippen LogP contribution in [0.25, 0.3) is 0 Å². The molecule has 0 aromatic carbocycles. The van der Waals surface area contributed by atoms with Gasteiger partial charge in [0.1, 0.15) is 6.10 Å². The molecule has 0 spiro atoms. The molecule has 0 aliphatic carbocycles. The van der Waals surface area contributed by atoms with Gasteiger partial charge in [-0.15, -0.1) is 0 Å².